The average molecular weight is 256 g/mol. The highest BCUT2D eigenvalue weighted by Crippen LogP contribution is 2.25. The zero-order chi connectivity index (χ0) is 14.0. The molecule has 0 fully saturated rings. The highest BCUT2D eigenvalue weighted by Gasteiger charge is 2.09. The maximum absolute atomic E-state index is 11.1. The number of nitrogens with zero attached hydrogens (tertiary/aromatic N) is 1. The van der Waals surface area contributed by atoms with Crippen LogP contribution in [0.3, 0.4) is 0 Å². The van der Waals surface area contributed by atoms with Crippen molar-refractivity contribution in [2.45, 2.75) is 0 Å². The van der Waals surface area contributed by atoms with Crippen molar-refractivity contribution in [3.63, 3.8) is 0 Å². The van der Waals surface area contributed by atoms with Crippen LogP contribution in [0.15, 0.2) is 42.5 Å². The lowest BCUT2D eigenvalue weighted by atomic mass is 10.0. The highest BCUT2D eigenvalue weighted by molar-refractivity contribution is 5.95. The second-order valence-corrected chi connectivity index (χ2v) is 4.55. The smallest absolute Gasteiger partial charge is 0.337 e. The van der Waals surface area contributed by atoms with E-state index >= 15 is 0 Å². The van der Waals surface area contributed by atoms with Gasteiger partial charge in [0.1, 0.15) is 0 Å². The summed E-state index contributed by atoms with van der Waals surface area (Å²) in [5, 5.41) is 9.07. The molecule has 98 valence electrons. The Morgan fingerprint density at radius 2 is 1.63 bits per heavy atom. The number of anilines is 2. The largest absolute Gasteiger partial charge is 0.478 e. The van der Waals surface area contributed by atoms with Crippen LogP contribution in [0.2, 0.25) is 0 Å². The van der Waals surface area contributed by atoms with Crippen LogP contribution in [0.5, 0.6) is 0 Å². The molecule has 2 aromatic carbocycles. The number of benzene rings is 2. The summed E-state index contributed by atoms with van der Waals surface area (Å²) in [5.74, 6) is -1.01. The summed E-state index contributed by atoms with van der Waals surface area (Å²) in [7, 11) is 3.95. The van der Waals surface area contributed by atoms with Crippen LogP contribution in [0, 0.1) is 0 Å². The molecule has 2 aromatic rings. The Balaban J connectivity index is 2.41. The van der Waals surface area contributed by atoms with Crippen LogP contribution in [0.1, 0.15) is 10.4 Å². The molecule has 0 heterocycles. The maximum Gasteiger partial charge on any atom is 0.337 e. The van der Waals surface area contributed by atoms with Crippen LogP contribution in [0.4, 0.5) is 11.4 Å². The van der Waals surface area contributed by atoms with Crippen LogP contribution in [0.25, 0.3) is 11.1 Å². The molecule has 0 amide bonds. The van der Waals surface area contributed by atoms with Crippen LogP contribution >= 0.6 is 0 Å². The predicted octanol–water partition coefficient (Wildman–Crippen LogP) is 2.70. The molecule has 0 atom stereocenters. The molecular formula is C15H16N2O2. The van der Waals surface area contributed by atoms with Crippen molar-refractivity contribution in [3.05, 3.63) is 48.0 Å². The van der Waals surface area contributed by atoms with Crippen molar-refractivity contribution in [2.24, 2.45) is 0 Å². The summed E-state index contributed by atoms with van der Waals surface area (Å²) >= 11 is 0. The first-order valence-electron chi connectivity index (χ1n) is 5.89. The van der Waals surface area contributed by atoms with Crippen LogP contribution in [-0.4, -0.2) is 25.2 Å². The first-order chi connectivity index (χ1) is 8.99. The molecule has 0 saturated heterocycles. The Morgan fingerprint density at radius 3 is 2.16 bits per heavy atom. The van der Waals surface area contributed by atoms with E-state index in [4.69, 9.17) is 10.8 Å². The summed E-state index contributed by atoms with van der Waals surface area (Å²) < 4.78 is 0. The van der Waals surface area contributed by atoms with Crippen molar-refractivity contribution >= 4 is 17.3 Å². The predicted molar refractivity (Wildman–Crippen MR) is 77.6 cm³/mol. The fourth-order valence-corrected chi connectivity index (χ4v) is 1.87. The van der Waals surface area contributed by atoms with Gasteiger partial charge in [0.05, 0.1) is 5.56 Å². The van der Waals surface area contributed by atoms with Gasteiger partial charge in [-0.05, 0) is 35.4 Å². The molecule has 4 nitrogen and oxygen atoms in total. The molecule has 19 heavy (non-hydrogen) atoms. The molecule has 0 aromatic heterocycles. The van der Waals surface area contributed by atoms with Crippen molar-refractivity contribution in [1.82, 2.24) is 0 Å². The van der Waals surface area contributed by atoms with E-state index in [1.54, 1.807) is 12.1 Å². The van der Waals surface area contributed by atoms with Crippen molar-refractivity contribution < 1.29 is 9.90 Å². The zero-order valence-electron chi connectivity index (χ0n) is 10.9. The van der Waals surface area contributed by atoms with Crippen molar-refractivity contribution in [3.8, 4) is 11.1 Å². The fraction of sp³-hybridized carbons (Fsp3) is 0.133. The Morgan fingerprint density at radius 1 is 1.05 bits per heavy atom. The van der Waals surface area contributed by atoms with Crippen LogP contribution in [-0.2, 0) is 0 Å². The zero-order valence-corrected chi connectivity index (χ0v) is 10.9. The van der Waals surface area contributed by atoms with Gasteiger partial charge in [-0.25, -0.2) is 4.79 Å². The second kappa shape index (κ2) is 5.02. The number of carboxylic acids is 1. The average Bonchev–Trinajstić information content (AvgIpc) is 2.39. The van der Waals surface area contributed by atoms with Crippen LogP contribution < -0.4 is 10.6 Å². The van der Waals surface area contributed by atoms with Gasteiger partial charge in [0.15, 0.2) is 0 Å². The Hall–Kier alpha value is -2.49. The van der Waals surface area contributed by atoms with Crippen molar-refractivity contribution in [2.75, 3.05) is 24.7 Å². The van der Waals surface area contributed by atoms with Gasteiger partial charge in [0.2, 0.25) is 0 Å². The lowest BCUT2D eigenvalue weighted by Crippen LogP contribution is -2.08. The number of aromatic carboxylic acids is 1. The lowest BCUT2D eigenvalue weighted by Gasteiger charge is -2.13. The third-order valence-corrected chi connectivity index (χ3v) is 3.00. The number of nitrogens with two attached hydrogens (primary N) is 1. The molecular weight excluding hydrogens is 240 g/mol. The number of carboxylic acid groups (broad SMARTS) is 1. The van der Waals surface area contributed by atoms with E-state index in [2.05, 4.69) is 0 Å². The molecule has 0 saturated carbocycles. The Labute approximate surface area is 112 Å². The Kier molecular flexibility index (Phi) is 3.42. The SMILES string of the molecule is CN(C)c1ccc(-c2ccc(N)c(C(=O)O)c2)cc1. The van der Waals surface area contributed by atoms with E-state index in [1.807, 2.05) is 49.3 Å². The minimum Gasteiger partial charge on any atom is -0.478 e. The van der Waals surface area contributed by atoms with Gasteiger partial charge in [0, 0.05) is 25.5 Å². The number of hydrogen-bond donors (Lipinski definition) is 2. The van der Waals surface area contributed by atoms with Gasteiger partial charge in [-0.3, -0.25) is 0 Å². The number of carbonyl (C=O) groups is 1. The summed E-state index contributed by atoms with van der Waals surface area (Å²) in [4.78, 5) is 13.1. The molecule has 4 heteroatoms. The monoisotopic (exact) mass is 256 g/mol. The minimum absolute atomic E-state index is 0.134. The van der Waals surface area contributed by atoms with E-state index in [9.17, 15) is 4.79 Å². The minimum atomic E-state index is -1.01. The van der Waals surface area contributed by atoms with E-state index in [0.29, 0.717) is 0 Å². The second-order valence-electron chi connectivity index (χ2n) is 4.55. The van der Waals surface area contributed by atoms with E-state index < -0.39 is 5.97 Å². The normalized spacial score (nSPS) is 10.2. The molecule has 3 N–H and O–H groups in total. The van der Waals surface area contributed by atoms with E-state index in [1.165, 1.54) is 0 Å². The standard InChI is InChI=1S/C15H16N2O2/c1-17(2)12-6-3-10(4-7-12)11-5-8-14(16)13(9-11)15(18)19/h3-9H,16H2,1-2H3,(H,18,19). The van der Waals surface area contributed by atoms with Gasteiger partial charge < -0.3 is 15.7 Å². The summed E-state index contributed by atoms with van der Waals surface area (Å²) in [6, 6.07) is 13.0. The van der Waals surface area contributed by atoms with Crippen molar-refractivity contribution in [1.29, 1.82) is 0 Å². The number of nitrogen functional groups attached to an aromatic ring is 1. The molecule has 0 unspecified atom stereocenters. The number of rotatable bonds is 3. The van der Waals surface area contributed by atoms with E-state index in [-0.39, 0.29) is 11.3 Å². The quantitative estimate of drug-likeness (QED) is 0.829. The summed E-state index contributed by atoms with van der Waals surface area (Å²) in [5.41, 5.74) is 8.96. The van der Waals surface area contributed by atoms with E-state index in [0.717, 1.165) is 16.8 Å². The molecule has 0 aliphatic rings. The first-order valence-corrected chi connectivity index (χ1v) is 5.89. The molecule has 0 bridgehead atoms. The molecule has 0 spiro atoms. The summed E-state index contributed by atoms with van der Waals surface area (Å²) in [6.07, 6.45) is 0. The topological polar surface area (TPSA) is 66.6 Å². The maximum atomic E-state index is 11.1. The van der Waals surface area contributed by atoms with Gasteiger partial charge in [0.25, 0.3) is 0 Å². The third-order valence-electron chi connectivity index (χ3n) is 3.00. The number of hydrogen-bond acceptors (Lipinski definition) is 3. The molecule has 2 rings (SSSR count). The fourth-order valence-electron chi connectivity index (χ4n) is 1.87. The molecule has 0 radical (unpaired) electrons. The van der Waals surface area contributed by atoms with Gasteiger partial charge in [-0.1, -0.05) is 18.2 Å². The molecule has 0 aliphatic carbocycles. The summed E-state index contributed by atoms with van der Waals surface area (Å²) in [6.45, 7) is 0. The van der Waals surface area contributed by atoms with Gasteiger partial charge in [-0.2, -0.15) is 0 Å². The Bertz CT molecular complexity index is 604. The molecule has 0 aliphatic heterocycles. The first kappa shape index (κ1) is 13.0. The highest BCUT2D eigenvalue weighted by atomic mass is 16.4. The van der Waals surface area contributed by atoms with Gasteiger partial charge in [-0.15, -0.1) is 0 Å². The van der Waals surface area contributed by atoms with Gasteiger partial charge >= 0.3 is 5.97 Å². The lowest BCUT2D eigenvalue weighted by molar-refractivity contribution is 0.0698. The third kappa shape index (κ3) is 2.68.